The van der Waals surface area contributed by atoms with Crippen molar-refractivity contribution in [3.05, 3.63) is 130 Å². The molecule has 0 saturated heterocycles. The number of sulfone groups is 1. The van der Waals surface area contributed by atoms with Gasteiger partial charge in [-0.1, -0.05) is 50.2 Å². The summed E-state index contributed by atoms with van der Waals surface area (Å²) in [6, 6.07) is 24.6. The summed E-state index contributed by atoms with van der Waals surface area (Å²) in [5.41, 5.74) is 1.20. The molecule has 2 heterocycles. The van der Waals surface area contributed by atoms with Crippen molar-refractivity contribution < 1.29 is 27.4 Å². The number of aromatic hydroxyl groups is 1. The molecule has 6 rings (SSSR count). The number of halogens is 1. The molecule has 2 aliphatic rings. The molecule has 10 heteroatoms. The van der Waals surface area contributed by atoms with Crippen molar-refractivity contribution >= 4 is 27.1 Å². The molecule has 1 atom stereocenters. The van der Waals surface area contributed by atoms with E-state index < -0.39 is 33.0 Å². The molecule has 0 bridgehead atoms. The van der Waals surface area contributed by atoms with E-state index in [9.17, 15) is 23.6 Å². The number of carbonyl (C=O) groups excluding carboxylic acids is 1. The molecule has 1 amide bonds. The number of carbonyl (C=O) groups is 1. The van der Waals surface area contributed by atoms with E-state index in [1.165, 1.54) is 53.4 Å². The van der Waals surface area contributed by atoms with Gasteiger partial charge in [-0.05, 0) is 65.9 Å². The molecule has 0 aromatic heterocycles. The lowest BCUT2D eigenvalue weighted by Gasteiger charge is -2.37. The Morgan fingerprint density at radius 2 is 1.80 bits per heavy atom. The van der Waals surface area contributed by atoms with Gasteiger partial charge < -0.3 is 15.2 Å². The number of fused-ring (bicyclic) bond motifs is 1. The molecule has 0 saturated carbocycles. The fraction of sp³-hybridized carbons (Fsp3) is 0.200. The number of nitriles is 1. The maximum Gasteiger partial charge on any atom is 0.259 e. The highest BCUT2D eigenvalue weighted by molar-refractivity contribution is 7.95. The zero-order valence-electron chi connectivity index (χ0n) is 24.6. The summed E-state index contributed by atoms with van der Waals surface area (Å²) in [5.74, 6) is -1.60. The quantitative estimate of drug-likeness (QED) is 0.233. The number of hydrogen-bond donors (Lipinski definition) is 2. The van der Waals surface area contributed by atoms with Gasteiger partial charge in [-0.15, -0.1) is 0 Å². The number of ether oxygens (including phenoxy) is 1. The fourth-order valence-corrected chi connectivity index (χ4v) is 8.35. The molecule has 45 heavy (non-hydrogen) atoms. The maximum atomic E-state index is 16.3. The van der Waals surface area contributed by atoms with Crippen molar-refractivity contribution in [3.8, 4) is 17.6 Å². The summed E-state index contributed by atoms with van der Waals surface area (Å²) in [7, 11) is -4.07. The van der Waals surface area contributed by atoms with Crippen LogP contribution in [-0.4, -0.2) is 25.2 Å². The number of anilines is 2. The topological polar surface area (TPSA) is 120 Å². The normalized spacial score (nSPS) is 18.1. The Bertz CT molecular complexity index is 1980. The van der Waals surface area contributed by atoms with Crippen LogP contribution in [0.1, 0.15) is 53.4 Å². The summed E-state index contributed by atoms with van der Waals surface area (Å²) in [4.78, 5) is 15.5. The Kier molecular flexibility index (Phi) is 7.59. The average Bonchev–Trinajstić information content (AvgIpc) is 3.15. The number of benzene rings is 4. The van der Waals surface area contributed by atoms with Gasteiger partial charge in [0, 0.05) is 22.9 Å². The summed E-state index contributed by atoms with van der Waals surface area (Å²) in [5, 5.41) is 23.4. The second kappa shape index (κ2) is 11.4. The molecule has 8 nitrogen and oxygen atoms in total. The van der Waals surface area contributed by atoms with Crippen LogP contribution in [0.25, 0.3) is 0 Å². The van der Waals surface area contributed by atoms with Crippen molar-refractivity contribution in [1.29, 1.82) is 5.26 Å². The van der Waals surface area contributed by atoms with Gasteiger partial charge in [0.1, 0.15) is 35.7 Å². The molecule has 0 radical (unpaired) electrons. The lowest BCUT2D eigenvalue weighted by molar-refractivity contribution is 0.0980. The number of para-hydroxylation sites is 1. The molecule has 4 aromatic rings. The zero-order chi connectivity index (χ0) is 31.9. The number of phenols is 1. The Hall–Kier alpha value is -5.14. The molecule has 0 aliphatic carbocycles. The Labute approximate surface area is 260 Å². The van der Waals surface area contributed by atoms with Crippen LogP contribution in [0.15, 0.2) is 102 Å². The minimum absolute atomic E-state index is 0.0576. The number of rotatable bonds is 5. The van der Waals surface area contributed by atoms with Gasteiger partial charge in [0.15, 0.2) is 9.84 Å². The van der Waals surface area contributed by atoms with Crippen molar-refractivity contribution in [1.82, 2.24) is 0 Å². The highest BCUT2D eigenvalue weighted by Crippen LogP contribution is 2.52. The first-order chi connectivity index (χ1) is 21.5. The van der Waals surface area contributed by atoms with Gasteiger partial charge in [0.25, 0.3) is 5.91 Å². The SMILES string of the molecule is CC1(C)CC2=C(C(c3ccc(OCc4ccccc4)cc3F)N(C(=O)c3ccc(C#N)cc3)c3cccc(O)c3N2)S(=O)(=O)C1. The lowest BCUT2D eigenvalue weighted by atomic mass is 9.88. The molecular weight excluding hydrogens is 593 g/mol. The van der Waals surface area contributed by atoms with E-state index in [0.717, 1.165) is 5.56 Å². The van der Waals surface area contributed by atoms with Gasteiger partial charge in [-0.2, -0.15) is 5.26 Å². The van der Waals surface area contributed by atoms with Crippen LogP contribution in [0.3, 0.4) is 0 Å². The first-order valence-corrected chi connectivity index (χ1v) is 16.0. The molecular formula is C35H30FN3O5S. The van der Waals surface area contributed by atoms with Crippen LogP contribution >= 0.6 is 0 Å². The standard InChI is InChI=1S/C35H30FN3O5S/c1-35(2)18-28-33(45(42,43)21-35)32(26-16-15-25(17-27(26)36)44-20-23-7-4-3-5-8-23)39(29-9-6-10-30(40)31(29)38-28)34(41)24-13-11-22(19-37)12-14-24/h3-17,32,38,40H,18,20-21H2,1-2H3. The molecule has 1 unspecified atom stereocenters. The number of phenolic OH excluding ortho intramolecular Hbond substituents is 1. The van der Waals surface area contributed by atoms with Crippen LogP contribution < -0.4 is 15.0 Å². The van der Waals surface area contributed by atoms with Crippen LogP contribution in [-0.2, 0) is 16.4 Å². The fourth-order valence-electron chi connectivity index (χ4n) is 6.00. The van der Waals surface area contributed by atoms with Gasteiger partial charge in [-0.25, -0.2) is 12.8 Å². The van der Waals surface area contributed by atoms with E-state index in [2.05, 4.69) is 5.32 Å². The molecule has 228 valence electrons. The molecule has 2 N–H and O–H groups in total. The minimum atomic E-state index is -4.07. The third-order valence-electron chi connectivity index (χ3n) is 7.93. The third kappa shape index (κ3) is 5.75. The lowest BCUT2D eigenvalue weighted by Crippen LogP contribution is -2.41. The summed E-state index contributed by atoms with van der Waals surface area (Å²) in [6.45, 7) is 3.84. The largest absolute Gasteiger partial charge is 0.506 e. The molecule has 4 aromatic carbocycles. The Balaban J connectivity index is 1.56. The van der Waals surface area contributed by atoms with E-state index in [1.807, 2.05) is 50.2 Å². The van der Waals surface area contributed by atoms with Crippen molar-refractivity contribution in [2.75, 3.05) is 16.0 Å². The van der Waals surface area contributed by atoms with Gasteiger partial charge in [0.05, 0.1) is 28.0 Å². The van der Waals surface area contributed by atoms with Gasteiger partial charge in [0.2, 0.25) is 0 Å². The van der Waals surface area contributed by atoms with Crippen molar-refractivity contribution in [2.45, 2.75) is 32.9 Å². The Morgan fingerprint density at radius 3 is 2.49 bits per heavy atom. The number of allylic oxidation sites excluding steroid dienone is 1. The summed E-state index contributed by atoms with van der Waals surface area (Å²) >= 11 is 0. The maximum absolute atomic E-state index is 16.3. The van der Waals surface area contributed by atoms with Crippen LogP contribution in [0.5, 0.6) is 11.5 Å². The van der Waals surface area contributed by atoms with E-state index in [-0.39, 0.29) is 63.4 Å². The smallest absolute Gasteiger partial charge is 0.259 e. The monoisotopic (exact) mass is 623 g/mol. The number of nitrogens with zero attached hydrogens (tertiary/aromatic N) is 2. The second-order valence-electron chi connectivity index (χ2n) is 12.0. The van der Waals surface area contributed by atoms with E-state index in [4.69, 9.17) is 4.74 Å². The molecule has 0 spiro atoms. The van der Waals surface area contributed by atoms with Crippen LogP contribution in [0.4, 0.5) is 15.8 Å². The van der Waals surface area contributed by atoms with Crippen LogP contribution in [0, 0.1) is 22.6 Å². The Morgan fingerprint density at radius 1 is 1.07 bits per heavy atom. The highest BCUT2D eigenvalue weighted by Gasteiger charge is 2.48. The first-order valence-electron chi connectivity index (χ1n) is 14.3. The van der Waals surface area contributed by atoms with E-state index in [0.29, 0.717) is 5.56 Å². The number of hydrogen-bond acceptors (Lipinski definition) is 7. The predicted molar refractivity (Wildman–Crippen MR) is 169 cm³/mol. The second-order valence-corrected chi connectivity index (χ2v) is 13.9. The first kappa shape index (κ1) is 29.9. The van der Waals surface area contributed by atoms with E-state index in [1.54, 1.807) is 12.1 Å². The van der Waals surface area contributed by atoms with Crippen molar-refractivity contribution in [3.63, 3.8) is 0 Å². The summed E-state index contributed by atoms with van der Waals surface area (Å²) < 4.78 is 50.4. The third-order valence-corrected chi connectivity index (χ3v) is 10.2. The van der Waals surface area contributed by atoms with Crippen molar-refractivity contribution in [2.24, 2.45) is 5.41 Å². The highest BCUT2D eigenvalue weighted by atomic mass is 32.2. The number of nitrogens with one attached hydrogen (secondary N) is 1. The average molecular weight is 624 g/mol. The van der Waals surface area contributed by atoms with Gasteiger partial charge >= 0.3 is 0 Å². The van der Waals surface area contributed by atoms with E-state index >= 15 is 4.39 Å². The van der Waals surface area contributed by atoms with Gasteiger partial charge in [-0.3, -0.25) is 9.69 Å². The minimum Gasteiger partial charge on any atom is -0.506 e. The zero-order valence-corrected chi connectivity index (χ0v) is 25.4. The number of amides is 1. The van der Waals surface area contributed by atoms with Crippen LogP contribution in [0.2, 0.25) is 0 Å². The molecule has 2 aliphatic heterocycles. The summed E-state index contributed by atoms with van der Waals surface area (Å²) in [6.07, 6.45) is 0.268. The molecule has 0 fully saturated rings. The predicted octanol–water partition coefficient (Wildman–Crippen LogP) is 6.85.